The summed E-state index contributed by atoms with van der Waals surface area (Å²) in [6.45, 7) is 8.82. The van der Waals surface area contributed by atoms with Gasteiger partial charge in [0.25, 0.3) is 0 Å². The summed E-state index contributed by atoms with van der Waals surface area (Å²) in [4.78, 5) is 4.10. The highest BCUT2D eigenvalue weighted by Crippen LogP contribution is 2.21. The second-order valence-corrected chi connectivity index (χ2v) is 4.80. The van der Waals surface area contributed by atoms with E-state index in [0.717, 1.165) is 5.56 Å². The zero-order valence-electron chi connectivity index (χ0n) is 10.5. The molecule has 0 saturated carbocycles. The molecule has 0 amide bonds. The predicted molar refractivity (Wildman–Crippen MR) is 69.7 cm³/mol. The van der Waals surface area contributed by atoms with Crippen LogP contribution in [0, 0.1) is 5.92 Å². The first-order valence-electron chi connectivity index (χ1n) is 5.92. The first-order valence-corrected chi connectivity index (χ1v) is 6.30. The normalized spacial score (nSPS) is 16.8. The minimum Gasteiger partial charge on any atom is -0.307 e. The Morgan fingerprint density at radius 3 is 2.62 bits per heavy atom. The topological polar surface area (TPSA) is 24.9 Å². The number of hydrogen-bond donors (Lipinski definition) is 1. The zero-order chi connectivity index (χ0) is 12.1. The summed E-state index contributed by atoms with van der Waals surface area (Å²) < 4.78 is 0. The minimum absolute atomic E-state index is 0.241. The van der Waals surface area contributed by atoms with Gasteiger partial charge < -0.3 is 5.32 Å². The van der Waals surface area contributed by atoms with Crippen LogP contribution in [-0.2, 0) is 0 Å². The maximum atomic E-state index is 6.06. The van der Waals surface area contributed by atoms with Crippen LogP contribution in [0.5, 0.6) is 0 Å². The predicted octanol–water partition coefficient (Wildman–Crippen LogP) is 3.82. The largest absolute Gasteiger partial charge is 0.307 e. The van der Waals surface area contributed by atoms with Crippen LogP contribution in [-0.4, -0.2) is 11.0 Å². The highest BCUT2D eigenvalue weighted by molar-refractivity contribution is 6.30. The summed E-state index contributed by atoms with van der Waals surface area (Å²) >= 11 is 6.06. The standard InChI is InChI=1S/C13H21ClN2/c1-5-9(2)10(3)16-11(4)12-7-6-8-15-13(12)14/h6-11,16H,5H2,1-4H3. The summed E-state index contributed by atoms with van der Waals surface area (Å²) in [6, 6.07) is 4.67. The number of nitrogens with zero attached hydrogens (tertiary/aromatic N) is 1. The molecule has 0 bridgehead atoms. The third-order valence-electron chi connectivity index (χ3n) is 3.26. The molecular formula is C13H21ClN2. The van der Waals surface area contributed by atoms with Gasteiger partial charge in [0.05, 0.1) is 0 Å². The highest BCUT2D eigenvalue weighted by Gasteiger charge is 2.15. The number of hydrogen-bond acceptors (Lipinski definition) is 2. The molecule has 3 heteroatoms. The lowest BCUT2D eigenvalue weighted by Crippen LogP contribution is -2.34. The van der Waals surface area contributed by atoms with Gasteiger partial charge in [-0.2, -0.15) is 0 Å². The van der Waals surface area contributed by atoms with Crippen LogP contribution >= 0.6 is 11.6 Å². The molecule has 0 saturated heterocycles. The first-order chi connectivity index (χ1) is 7.56. The Hall–Kier alpha value is -0.600. The van der Waals surface area contributed by atoms with Crippen molar-refractivity contribution in [2.75, 3.05) is 0 Å². The lowest BCUT2D eigenvalue weighted by atomic mass is 9.99. The first kappa shape index (κ1) is 13.5. The van der Waals surface area contributed by atoms with Crippen LogP contribution < -0.4 is 5.32 Å². The van der Waals surface area contributed by atoms with Gasteiger partial charge in [0.2, 0.25) is 0 Å². The van der Waals surface area contributed by atoms with Gasteiger partial charge in [0.15, 0.2) is 0 Å². The van der Waals surface area contributed by atoms with Gasteiger partial charge in [-0.15, -0.1) is 0 Å². The molecule has 16 heavy (non-hydrogen) atoms. The number of nitrogens with one attached hydrogen (secondary N) is 1. The molecule has 1 aromatic rings. The van der Waals surface area contributed by atoms with Crippen LogP contribution in [0.25, 0.3) is 0 Å². The van der Waals surface area contributed by atoms with Gasteiger partial charge in [-0.3, -0.25) is 0 Å². The molecule has 1 aromatic heterocycles. The van der Waals surface area contributed by atoms with Crippen molar-refractivity contribution in [2.24, 2.45) is 5.92 Å². The molecule has 3 unspecified atom stereocenters. The van der Waals surface area contributed by atoms with Crippen molar-refractivity contribution in [3.05, 3.63) is 29.0 Å². The molecule has 0 spiro atoms. The fourth-order valence-corrected chi connectivity index (χ4v) is 2.01. The van der Waals surface area contributed by atoms with Crippen molar-refractivity contribution in [3.63, 3.8) is 0 Å². The maximum Gasteiger partial charge on any atom is 0.133 e. The molecule has 1 N–H and O–H groups in total. The van der Waals surface area contributed by atoms with Crippen LogP contribution in [0.4, 0.5) is 0 Å². The summed E-state index contributed by atoms with van der Waals surface area (Å²) in [7, 11) is 0. The van der Waals surface area contributed by atoms with Crippen molar-refractivity contribution < 1.29 is 0 Å². The van der Waals surface area contributed by atoms with Crippen LogP contribution in [0.3, 0.4) is 0 Å². The van der Waals surface area contributed by atoms with Crippen molar-refractivity contribution in [2.45, 2.75) is 46.2 Å². The molecule has 0 aliphatic heterocycles. The van der Waals surface area contributed by atoms with Crippen molar-refractivity contribution in [3.8, 4) is 0 Å². The van der Waals surface area contributed by atoms with Gasteiger partial charge >= 0.3 is 0 Å². The molecule has 0 aliphatic rings. The molecule has 3 atom stereocenters. The molecule has 1 rings (SSSR count). The van der Waals surface area contributed by atoms with E-state index in [9.17, 15) is 0 Å². The Bertz CT molecular complexity index is 327. The van der Waals surface area contributed by atoms with Gasteiger partial charge in [-0.05, 0) is 25.8 Å². The fraction of sp³-hybridized carbons (Fsp3) is 0.615. The molecule has 2 nitrogen and oxygen atoms in total. The summed E-state index contributed by atoms with van der Waals surface area (Å²) in [5.41, 5.74) is 1.07. The summed E-state index contributed by atoms with van der Waals surface area (Å²) in [5.74, 6) is 0.665. The van der Waals surface area contributed by atoms with E-state index < -0.39 is 0 Å². The van der Waals surface area contributed by atoms with E-state index in [2.05, 4.69) is 38.0 Å². The zero-order valence-corrected chi connectivity index (χ0v) is 11.3. The van der Waals surface area contributed by atoms with Crippen molar-refractivity contribution in [1.82, 2.24) is 10.3 Å². The lowest BCUT2D eigenvalue weighted by Gasteiger charge is -2.25. The average molecular weight is 241 g/mol. The monoisotopic (exact) mass is 240 g/mol. The molecule has 1 heterocycles. The third-order valence-corrected chi connectivity index (χ3v) is 3.58. The summed E-state index contributed by atoms with van der Waals surface area (Å²) in [6.07, 6.45) is 2.90. The fourth-order valence-electron chi connectivity index (χ4n) is 1.72. The van der Waals surface area contributed by atoms with Crippen molar-refractivity contribution >= 4 is 11.6 Å². The molecule has 0 radical (unpaired) electrons. The van der Waals surface area contributed by atoms with E-state index in [1.165, 1.54) is 6.42 Å². The number of aromatic nitrogens is 1. The van der Waals surface area contributed by atoms with E-state index in [1.807, 2.05) is 12.1 Å². The maximum absolute atomic E-state index is 6.06. The Labute approximate surface area is 103 Å². The van der Waals surface area contributed by atoms with Crippen molar-refractivity contribution in [1.29, 1.82) is 0 Å². The second-order valence-electron chi connectivity index (χ2n) is 4.45. The molecular weight excluding hydrogens is 220 g/mol. The van der Waals surface area contributed by atoms with Crippen LogP contribution in [0.1, 0.15) is 45.7 Å². The van der Waals surface area contributed by atoms with Gasteiger partial charge in [-0.25, -0.2) is 4.98 Å². The average Bonchev–Trinajstić information content (AvgIpc) is 2.28. The molecule has 0 aliphatic carbocycles. The number of rotatable bonds is 5. The molecule has 90 valence electrons. The van der Waals surface area contributed by atoms with Crippen LogP contribution in [0.2, 0.25) is 5.15 Å². The van der Waals surface area contributed by atoms with Gasteiger partial charge in [0.1, 0.15) is 5.15 Å². The SMILES string of the molecule is CCC(C)C(C)NC(C)c1cccnc1Cl. The smallest absolute Gasteiger partial charge is 0.133 e. The van der Waals surface area contributed by atoms with E-state index in [0.29, 0.717) is 17.1 Å². The third kappa shape index (κ3) is 3.46. The van der Waals surface area contributed by atoms with E-state index in [1.54, 1.807) is 6.20 Å². The molecule has 0 aromatic carbocycles. The van der Waals surface area contributed by atoms with E-state index in [-0.39, 0.29) is 6.04 Å². The highest BCUT2D eigenvalue weighted by atomic mass is 35.5. The molecule has 0 fully saturated rings. The second kappa shape index (κ2) is 6.21. The Balaban J connectivity index is 2.65. The van der Waals surface area contributed by atoms with E-state index >= 15 is 0 Å². The number of halogens is 1. The lowest BCUT2D eigenvalue weighted by molar-refractivity contribution is 0.360. The minimum atomic E-state index is 0.241. The Kier molecular flexibility index (Phi) is 5.23. The summed E-state index contributed by atoms with van der Waals surface area (Å²) in [5, 5.41) is 4.16. The Morgan fingerprint density at radius 2 is 2.06 bits per heavy atom. The number of pyridine rings is 1. The Morgan fingerprint density at radius 1 is 1.38 bits per heavy atom. The quantitative estimate of drug-likeness (QED) is 0.792. The van der Waals surface area contributed by atoms with Gasteiger partial charge in [-0.1, -0.05) is 37.9 Å². The van der Waals surface area contributed by atoms with Crippen LogP contribution in [0.15, 0.2) is 18.3 Å². The van der Waals surface area contributed by atoms with Gasteiger partial charge in [0, 0.05) is 23.8 Å². The van der Waals surface area contributed by atoms with E-state index in [4.69, 9.17) is 11.6 Å².